The normalized spacial score (nSPS) is 41.5. The molecule has 0 saturated carbocycles. The minimum Gasteiger partial charge on any atom is -0.394 e. The molecule has 1 heterocycles. The highest BCUT2D eigenvalue weighted by Gasteiger charge is 2.43. The Kier molecular flexibility index (Phi) is 4.65. The monoisotopic (exact) mass is 220 g/mol. The second kappa shape index (κ2) is 5.55. The Balaban J connectivity index is 2.60. The first-order valence-electron chi connectivity index (χ1n) is 4.64. The molecule has 15 heavy (non-hydrogen) atoms. The van der Waals surface area contributed by atoms with Gasteiger partial charge in [0.25, 0.3) is 0 Å². The van der Waals surface area contributed by atoms with Crippen LogP contribution in [0.1, 0.15) is 0 Å². The summed E-state index contributed by atoms with van der Waals surface area (Å²) in [5.74, 6) is 0. The van der Waals surface area contributed by atoms with Gasteiger partial charge in [0.2, 0.25) is 0 Å². The molecular weight excluding hydrogens is 204 g/mol. The molecule has 4 N–H and O–H groups in total. The first kappa shape index (κ1) is 12.6. The van der Waals surface area contributed by atoms with Gasteiger partial charge in [-0.05, 0) is 0 Å². The summed E-state index contributed by atoms with van der Waals surface area (Å²) in [6.45, 7) is 3.10. The van der Waals surface area contributed by atoms with Gasteiger partial charge in [0.15, 0.2) is 6.29 Å². The van der Waals surface area contributed by atoms with E-state index in [0.29, 0.717) is 0 Å². The predicted octanol–water partition coefficient (Wildman–Crippen LogP) is -2.01. The van der Waals surface area contributed by atoms with Crippen molar-refractivity contribution in [2.75, 3.05) is 13.2 Å². The summed E-state index contributed by atoms with van der Waals surface area (Å²) in [7, 11) is 0. The molecule has 88 valence electrons. The van der Waals surface area contributed by atoms with E-state index in [1.165, 1.54) is 6.08 Å². The minimum absolute atomic E-state index is 0.142. The molecule has 0 bridgehead atoms. The molecule has 1 saturated heterocycles. The van der Waals surface area contributed by atoms with E-state index in [1.54, 1.807) is 0 Å². The molecule has 1 fully saturated rings. The van der Waals surface area contributed by atoms with Crippen LogP contribution in [0.4, 0.5) is 0 Å². The maximum Gasteiger partial charge on any atom is 0.187 e. The van der Waals surface area contributed by atoms with Crippen LogP contribution >= 0.6 is 0 Å². The largest absolute Gasteiger partial charge is 0.394 e. The van der Waals surface area contributed by atoms with Crippen LogP contribution in [0.25, 0.3) is 0 Å². The third kappa shape index (κ3) is 2.75. The van der Waals surface area contributed by atoms with Crippen LogP contribution in [0.3, 0.4) is 0 Å². The third-order valence-corrected chi connectivity index (χ3v) is 2.23. The first-order chi connectivity index (χ1) is 7.11. The van der Waals surface area contributed by atoms with Gasteiger partial charge in [0.1, 0.15) is 24.4 Å². The number of rotatable bonds is 4. The molecule has 0 aromatic heterocycles. The fraction of sp³-hybridized carbons (Fsp3) is 0.778. The Morgan fingerprint density at radius 1 is 1.20 bits per heavy atom. The molecule has 0 aliphatic carbocycles. The summed E-state index contributed by atoms with van der Waals surface area (Å²) in [6.07, 6.45) is -4.64. The molecular formula is C9H16O6. The van der Waals surface area contributed by atoms with E-state index in [-0.39, 0.29) is 6.61 Å². The van der Waals surface area contributed by atoms with E-state index in [9.17, 15) is 15.3 Å². The first-order valence-corrected chi connectivity index (χ1v) is 4.64. The van der Waals surface area contributed by atoms with E-state index in [4.69, 9.17) is 14.6 Å². The van der Waals surface area contributed by atoms with Gasteiger partial charge in [-0.15, -0.1) is 6.58 Å². The van der Waals surface area contributed by atoms with E-state index in [0.717, 1.165) is 0 Å². The molecule has 0 aromatic rings. The standard InChI is InChI=1S/C9H16O6/c1-2-3-14-9-8(13)7(12)6(11)5(4-10)15-9/h2,5-13H,1,3-4H2/t5?,6-,7-,8?,9+/m0/s1. The Hall–Kier alpha value is -0.500. The molecule has 0 spiro atoms. The van der Waals surface area contributed by atoms with Gasteiger partial charge >= 0.3 is 0 Å². The van der Waals surface area contributed by atoms with Crippen molar-refractivity contribution in [1.82, 2.24) is 0 Å². The average molecular weight is 220 g/mol. The zero-order chi connectivity index (χ0) is 11.4. The molecule has 0 amide bonds. The summed E-state index contributed by atoms with van der Waals surface area (Å²) in [6, 6.07) is 0. The second-order valence-electron chi connectivity index (χ2n) is 3.32. The molecule has 6 heteroatoms. The molecule has 1 aliphatic heterocycles. The number of aliphatic hydroxyl groups is 4. The van der Waals surface area contributed by atoms with Crippen molar-refractivity contribution in [1.29, 1.82) is 0 Å². The van der Waals surface area contributed by atoms with Crippen LogP contribution in [0.15, 0.2) is 12.7 Å². The second-order valence-corrected chi connectivity index (χ2v) is 3.32. The van der Waals surface area contributed by atoms with Gasteiger partial charge in [0, 0.05) is 0 Å². The number of hydrogen-bond acceptors (Lipinski definition) is 6. The Morgan fingerprint density at radius 3 is 2.40 bits per heavy atom. The van der Waals surface area contributed by atoms with Crippen LogP contribution in [-0.2, 0) is 9.47 Å². The van der Waals surface area contributed by atoms with Gasteiger partial charge in [-0.1, -0.05) is 6.08 Å². The average Bonchev–Trinajstić information content (AvgIpc) is 2.25. The summed E-state index contributed by atoms with van der Waals surface area (Å²) in [5.41, 5.74) is 0. The molecule has 2 unspecified atom stereocenters. The summed E-state index contributed by atoms with van der Waals surface area (Å²) < 4.78 is 10.1. The minimum atomic E-state index is -1.40. The maximum absolute atomic E-state index is 9.47. The third-order valence-electron chi connectivity index (χ3n) is 2.23. The number of ether oxygens (including phenoxy) is 2. The van der Waals surface area contributed by atoms with E-state index in [2.05, 4.69) is 6.58 Å². The predicted molar refractivity (Wildman–Crippen MR) is 49.9 cm³/mol. The zero-order valence-electron chi connectivity index (χ0n) is 8.19. The van der Waals surface area contributed by atoms with Crippen molar-refractivity contribution >= 4 is 0 Å². The van der Waals surface area contributed by atoms with Crippen LogP contribution in [-0.4, -0.2) is 64.3 Å². The van der Waals surface area contributed by atoms with Crippen molar-refractivity contribution < 1.29 is 29.9 Å². The highest BCUT2D eigenvalue weighted by Crippen LogP contribution is 2.21. The van der Waals surface area contributed by atoms with Crippen molar-refractivity contribution in [3.63, 3.8) is 0 Å². The molecule has 5 atom stereocenters. The summed E-state index contributed by atoms with van der Waals surface area (Å²) in [4.78, 5) is 0. The zero-order valence-corrected chi connectivity index (χ0v) is 8.19. The Morgan fingerprint density at radius 2 is 1.87 bits per heavy atom. The smallest absolute Gasteiger partial charge is 0.187 e. The van der Waals surface area contributed by atoms with Crippen molar-refractivity contribution in [3.05, 3.63) is 12.7 Å². The molecule has 6 nitrogen and oxygen atoms in total. The van der Waals surface area contributed by atoms with Gasteiger partial charge in [-0.3, -0.25) is 0 Å². The Bertz CT molecular complexity index is 207. The van der Waals surface area contributed by atoms with Gasteiger partial charge in [0.05, 0.1) is 13.2 Å². The van der Waals surface area contributed by atoms with E-state index in [1.807, 2.05) is 0 Å². The lowest BCUT2D eigenvalue weighted by molar-refractivity contribution is -0.298. The van der Waals surface area contributed by atoms with Crippen molar-refractivity contribution in [2.45, 2.75) is 30.7 Å². The van der Waals surface area contributed by atoms with Gasteiger partial charge in [-0.25, -0.2) is 0 Å². The topological polar surface area (TPSA) is 99.4 Å². The lowest BCUT2D eigenvalue weighted by atomic mass is 9.99. The van der Waals surface area contributed by atoms with Crippen LogP contribution < -0.4 is 0 Å². The summed E-state index contributed by atoms with van der Waals surface area (Å²) in [5, 5.41) is 37.1. The highest BCUT2D eigenvalue weighted by atomic mass is 16.7. The molecule has 1 aliphatic rings. The highest BCUT2D eigenvalue weighted by molar-refractivity contribution is 4.89. The molecule has 0 aromatic carbocycles. The fourth-order valence-corrected chi connectivity index (χ4v) is 1.37. The quantitative estimate of drug-likeness (QED) is 0.408. The Labute approximate surface area is 87.4 Å². The van der Waals surface area contributed by atoms with E-state index < -0.39 is 37.3 Å². The van der Waals surface area contributed by atoms with Gasteiger partial charge < -0.3 is 29.9 Å². The van der Waals surface area contributed by atoms with Crippen LogP contribution in [0.5, 0.6) is 0 Å². The fourth-order valence-electron chi connectivity index (χ4n) is 1.37. The molecule has 1 rings (SSSR count). The SMILES string of the molecule is C=CCO[C@@H]1OC(CO)[C@H](O)[C@H](O)C1O. The van der Waals surface area contributed by atoms with Crippen LogP contribution in [0.2, 0.25) is 0 Å². The lowest BCUT2D eigenvalue weighted by Crippen LogP contribution is -2.59. The summed E-state index contributed by atoms with van der Waals surface area (Å²) >= 11 is 0. The maximum atomic E-state index is 9.47. The molecule has 0 radical (unpaired) electrons. The van der Waals surface area contributed by atoms with Gasteiger partial charge in [-0.2, -0.15) is 0 Å². The number of hydrogen-bond donors (Lipinski definition) is 4. The van der Waals surface area contributed by atoms with Crippen molar-refractivity contribution in [3.8, 4) is 0 Å². The van der Waals surface area contributed by atoms with E-state index >= 15 is 0 Å². The van der Waals surface area contributed by atoms with Crippen molar-refractivity contribution in [2.24, 2.45) is 0 Å². The lowest BCUT2D eigenvalue weighted by Gasteiger charge is -2.39. The van der Waals surface area contributed by atoms with Crippen LogP contribution in [0, 0.1) is 0 Å². The number of aliphatic hydroxyl groups excluding tert-OH is 4.